The van der Waals surface area contributed by atoms with Gasteiger partial charge in [0, 0.05) is 17.8 Å². The number of aromatic nitrogens is 1. The van der Waals surface area contributed by atoms with E-state index in [0.29, 0.717) is 0 Å². The van der Waals surface area contributed by atoms with Crippen LogP contribution >= 0.6 is 11.3 Å². The van der Waals surface area contributed by atoms with Gasteiger partial charge in [0.15, 0.2) is 0 Å². The molecule has 0 saturated carbocycles. The standard InChI is InChI=1S/C15H12N2S/c16-15-9-14(10-18-15)13-3-1-2-12(8-13)11-4-6-17-7-5-11/h1-10H,16H2. The number of pyridine rings is 1. The van der Waals surface area contributed by atoms with Gasteiger partial charge in [0.25, 0.3) is 0 Å². The van der Waals surface area contributed by atoms with Crippen molar-refractivity contribution < 1.29 is 0 Å². The van der Waals surface area contributed by atoms with Gasteiger partial charge in [0.1, 0.15) is 0 Å². The van der Waals surface area contributed by atoms with Gasteiger partial charge in [-0.3, -0.25) is 4.98 Å². The van der Waals surface area contributed by atoms with Crippen molar-refractivity contribution in [2.24, 2.45) is 0 Å². The maximum atomic E-state index is 5.78. The number of nitrogen functional groups attached to an aromatic ring is 1. The largest absolute Gasteiger partial charge is 0.391 e. The van der Waals surface area contributed by atoms with E-state index in [2.05, 4.69) is 34.6 Å². The Balaban J connectivity index is 2.05. The first-order chi connectivity index (χ1) is 8.83. The predicted octanol–water partition coefficient (Wildman–Crippen LogP) is 4.06. The Morgan fingerprint density at radius 3 is 2.22 bits per heavy atom. The van der Waals surface area contributed by atoms with Crippen LogP contribution in [0.4, 0.5) is 5.00 Å². The molecule has 0 atom stereocenters. The molecule has 0 aliphatic heterocycles. The van der Waals surface area contributed by atoms with Gasteiger partial charge in [-0.2, -0.15) is 0 Å². The highest BCUT2D eigenvalue weighted by atomic mass is 32.1. The second-order valence-electron chi connectivity index (χ2n) is 4.05. The highest BCUT2D eigenvalue weighted by molar-refractivity contribution is 7.14. The number of hydrogen-bond donors (Lipinski definition) is 1. The van der Waals surface area contributed by atoms with Gasteiger partial charge >= 0.3 is 0 Å². The van der Waals surface area contributed by atoms with E-state index in [-0.39, 0.29) is 0 Å². The molecule has 3 heteroatoms. The summed E-state index contributed by atoms with van der Waals surface area (Å²) in [4.78, 5) is 4.04. The van der Waals surface area contributed by atoms with Crippen LogP contribution in [0.15, 0.2) is 60.2 Å². The number of anilines is 1. The lowest BCUT2D eigenvalue weighted by molar-refractivity contribution is 1.33. The minimum atomic E-state index is 0.847. The first-order valence-electron chi connectivity index (χ1n) is 5.68. The highest BCUT2D eigenvalue weighted by Crippen LogP contribution is 2.30. The Morgan fingerprint density at radius 1 is 0.833 bits per heavy atom. The summed E-state index contributed by atoms with van der Waals surface area (Å²) in [7, 11) is 0. The third-order valence-corrected chi connectivity index (χ3v) is 3.59. The Bertz CT molecular complexity index is 659. The Morgan fingerprint density at radius 2 is 1.56 bits per heavy atom. The van der Waals surface area contributed by atoms with Crippen molar-refractivity contribution in [3.05, 3.63) is 60.2 Å². The van der Waals surface area contributed by atoms with E-state index in [1.54, 1.807) is 11.3 Å². The van der Waals surface area contributed by atoms with Crippen molar-refractivity contribution in [1.82, 2.24) is 4.98 Å². The lowest BCUT2D eigenvalue weighted by Gasteiger charge is -2.04. The Kier molecular flexibility index (Phi) is 2.82. The number of thiophene rings is 1. The van der Waals surface area contributed by atoms with Crippen LogP contribution in [-0.2, 0) is 0 Å². The zero-order chi connectivity index (χ0) is 12.4. The maximum absolute atomic E-state index is 5.78. The molecule has 18 heavy (non-hydrogen) atoms. The van der Waals surface area contributed by atoms with Crippen LogP contribution in [0.2, 0.25) is 0 Å². The molecule has 88 valence electrons. The lowest BCUT2D eigenvalue weighted by Crippen LogP contribution is -1.80. The van der Waals surface area contributed by atoms with E-state index in [4.69, 9.17) is 5.73 Å². The number of benzene rings is 1. The molecule has 0 unspecified atom stereocenters. The van der Waals surface area contributed by atoms with Gasteiger partial charge in [0.2, 0.25) is 0 Å². The summed E-state index contributed by atoms with van der Waals surface area (Å²) in [6, 6.07) is 14.5. The van der Waals surface area contributed by atoms with Crippen molar-refractivity contribution in [1.29, 1.82) is 0 Å². The van der Waals surface area contributed by atoms with Gasteiger partial charge in [0.05, 0.1) is 5.00 Å². The molecular formula is C15H12N2S. The maximum Gasteiger partial charge on any atom is 0.0862 e. The molecule has 0 aliphatic carbocycles. The summed E-state index contributed by atoms with van der Waals surface area (Å²) in [6.45, 7) is 0. The molecule has 2 heterocycles. The molecule has 0 spiro atoms. The quantitative estimate of drug-likeness (QED) is 0.747. The summed E-state index contributed by atoms with van der Waals surface area (Å²) in [6.07, 6.45) is 3.62. The molecule has 3 rings (SSSR count). The van der Waals surface area contributed by atoms with Crippen molar-refractivity contribution in [3.8, 4) is 22.3 Å². The molecule has 2 aromatic heterocycles. The number of rotatable bonds is 2. The van der Waals surface area contributed by atoms with E-state index in [9.17, 15) is 0 Å². The van der Waals surface area contributed by atoms with Gasteiger partial charge < -0.3 is 5.73 Å². The van der Waals surface area contributed by atoms with E-state index in [1.165, 1.54) is 22.3 Å². The summed E-state index contributed by atoms with van der Waals surface area (Å²) in [5.41, 5.74) is 10.5. The number of nitrogens with zero attached hydrogens (tertiary/aromatic N) is 1. The van der Waals surface area contributed by atoms with Crippen LogP contribution in [0.1, 0.15) is 0 Å². The van der Waals surface area contributed by atoms with E-state index in [0.717, 1.165) is 5.00 Å². The molecule has 2 N–H and O–H groups in total. The fourth-order valence-electron chi connectivity index (χ4n) is 1.93. The van der Waals surface area contributed by atoms with E-state index in [1.807, 2.05) is 30.6 Å². The first-order valence-corrected chi connectivity index (χ1v) is 6.56. The molecule has 0 aliphatic rings. The zero-order valence-corrected chi connectivity index (χ0v) is 10.5. The van der Waals surface area contributed by atoms with Crippen molar-refractivity contribution in [2.45, 2.75) is 0 Å². The molecule has 0 fully saturated rings. The molecule has 1 aromatic carbocycles. The fraction of sp³-hybridized carbons (Fsp3) is 0. The van der Waals surface area contributed by atoms with Crippen LogP contribution in [-0.4, -0.2) is 4.98 Å². The molecule has 0 radical (unpaired) electrons. The summed E-state index contributed by atoms with van der Waals surface area (Å²) in [5.74, 6) is 0. The third-order valence-electron chi connectivity index (χ3n) is 2.83. The summed E-state index contributed by atoms with van der Waals surface area (Å²) in [5, 5.41) is 2.93. The van der Waals surface area contributed by atoms with Crippen LogP contribution in [0.3, 0.4) is 0 Å². The van der Waals surface area contributed by atoms with Crippen molar-refractivity contribution >= 4 is 16.3 Å². The average molecular weight is 252 g/mol. The highest BCUT2D eigenvalue weighted by Gasteiger charge is 2.03. The molecule has 3 aromatic rings. The van der Waals surface area contributed by atoms with Gasteiger partial charge in [-0.25, -0.2) is 0 Å². The second kappa shape index (κ2) is 4.63. The minimum Gasteiger partial charge on any atom is -0.391 e. The van der Waals surface area contributed by atoms with Gasteiger partial charge in [-0.05, 0) is 46.5 Å². The monoisotopic (exact) mass is 252 g/mol. The minimum absolute atomic E-state index is 0.847. The second-order valence-corrected chi connectivity index (χ2v) is 5.00. The number of hydrogen-bond acceptors (Lipinski definition) is 3. The van der Waals surface area contributed by atoms with Crippen molar-refractivity contribution in [2.75, 3.05) is 5.73 Å². The van der Waals surface area contributed by atoms with Gasteiger partial charge in [-0.15, -0.1) is 11.3 Å². The van der Waals surface area contributed by atoms with Crippen molar-refractivity contribution in [3.63, 3.8) is 0 Å². The van der Waals surface area contributed by atoms with Crippen LogP contribution in [0.5, 0.6) is 0 Å². The predicted molar refractivity (Wildman–Crippen MR) is 77.4 cm³/mol. The Labute approximate surface area is 110 Å². The fourth-order valence-corrected chi connectivity index (χ4v) is 2.59. The first kappa shape index (κ1) is 11.0. The van der Waals surface area contributed by atoms with Crippen LogP contribution < -0.4 is 5.73 Å². The van der Waals surface area contributed by atoms with Crippen LogP contribution in [0.25, 0.3) is 22.3 Å². The van der Waals surface area contributed by atoms with Gasteiger partial charge in [-0.1, -0.05) is 18.2 Å². The smallest absolute Gasteiger partial charge is 0.0862 e. The van der Waals surface area contributed by atoms with E-state index >= 15 is 0 Å². The zero-order valence-electron chi connectivity index (χ0n) is 9.71. The molecule has 0 saturated heterocycles. The summed E-state index contributed by atoms with van der Waals surface area (Å²) >= 11 is 1.57. The lowest BCUT2D eigenvalue weighted by atomic mass is 10.0. The SMILES string of the molecule is Nc1cc(-c2cccc(-c3ccncc3)c2)cs1. The normalized spacial score (nSPS) is 10.4. The van der Waals surface area contributed by atoms with E-state index < -0.39 is 0 Å². The number of nitrogens with two attached hydrogens (primary N) is 1. The molecular weight excluding hydrogens is 240 g/mol. The third kappa shape index (κ3) is 2.13. The molecule has 2 nitrogen and oxygen atoms in total. The molecule has 0 bridgehead atoms. The topological polar surface area (TPSA) is 38.9 Å². The average Bonchev–Trinajstić information content (AvgIpc) is 2.87. The summed E-state index contributed by atoms with van der Waals surface area (Å²) < 4.78 is 0. The molecule has 0 amide bonds. The Hall–Kier alpha value is -2.13. The van der Waals surface area contributed by atoms with Crippen LogP contribution in [0, 0.1) is 0 Å².